The van der Waals surface area contributed by atoms with Crippen LogP contribution in [0.2, 0.25) is 0 Å². The molecule has 26 heavy (non-hydrogen) atoms. The molecule has 3 aromatic rings. The van der Waals surface area contributed by atoms with E-state index < -0.39 is 4.92 Å². The van der Waals surface area contributed by atoms with Gasteiger partial charge in [0.15, 0.2) is 11.0 Å². The number of thioether (sulfide) groups is 1. The minimum absolute atomic E-state index is 0.0593. The molecule has 0 fully saturated rings. The average molecular weight is 378 g/mol. The number of aromatic nitrogens is 5. The largest absolute Gasteiger partial charge is 0.486 e. The van der Waals surface area contributed by atoms with Gasteiger partial charge in [0.1, 0.15) is 30.6 Å². The van der Waals surface area contributed by atoms with Crippen LogP contribution < -0.4 is 4.74 Å². The van der Waals surface area contributed by atoms with Crippen molar-refractivity contribution in [2.24, 2.45) is 0 Å². The third kappa shape index (κ3) is 4.17. The molecule has 136 valence electrons. The summed E-state index contributed by atoms with van der Waals surface area (Å²) in [5.41, 5.74) is -0.0593. The van der Waals surface area contributed by atoms with Gasteiger partial charge >= 0.3 is 5.69 Å². The first-order chi connectivity index (χ1) is 12.6. The summed E-state index contributed by atoms with van der Waals surface area (Å²) in [6.07, 6.45) is 2.56. The molecule has 2 aromatic heterocycles. The molecule has 0 N–H and O–H groups in total. The van der Waals surface area contributed by atoms with Crippen LogP contribution in [-0.4, -0.2) is 29.5 Å². The van der Waals surface area contributed by atoms with Crippen LogP contribution in [0.4, 0.5) is 10.1 Å². The van der Waals surface area contributed by atoms with Crippen molar-refractivity contribution in [3.63, 3.8) is 0 Å². The Kier molecular flexibility index (Phi) is 5.46. The molecule has 9 nitrogen and oxygen atoms in total. The molecule has 0 bridgehead atoms. The second kappa shape index (κ2) is 7.95. The van der Waals surface area contributed by atoms with E-state index in [1.807, 2.05) is 11.5 Å². The van der Waals surface area contributed by atoms with Gasteiger partial charge in [0.2, 0.25) is 0 Å². The van der Waals surface area contributed by atoms with E-state index >= 15 is 0 Å². The topological polar surface area (TPSA) is 101 Å². The van der Waals surface area contributed by atoms with Crippen molar-refractivity contribution in [3.8, 4) is 5.75 Å². The zero-order chi connectivity index (χ0) is 18.5. The Hall–Kier alpha value is -2.95. The Morgan fingerprint density at radius 2 is 2.08 bits per heavy atom. The molecule has 0 aliphatic rings. The van der Waals surface area contributed by atoms with Gasteiger partial charge in [0.05, 0.1) is 10.8 Å². The highest BCUT2D eigenvalue weighted by Gasteiger charge is 2.14. The van der Waals surface area contributed by atoms with E-state index in [-0.39, 0.29) is 18.1 Å². The van der Waals surface area contributed by atoms with Crippen LogP contribution >= 0.6 is 11.8 Å². The fraction of sp³-hybridized carbons (Fsp3) is 0.267. The molecule has 0 unspecified atom stereocenters. The SMILES string of the molecule is CCn1c(COc2ccc(F)cc2)nnc1SCn1cc([N+](=O)[O-])cn1. The molecule has 0 aliphatic heterocycles. The number of nitrogens with zero attached hydrogens (tertiary/aromatic N) is 6. The van der Waals surface area contributed by atoms with Crippen LogP contribution in [0.5, 0.6) is 5.75 Å². The number of hydrogen-bond acceptors (Lipinski definition) is 7. The van der Waals surface area contributed by atoms with E-state index in [1.165, 1.54) is 41.0 Å². The summed E-state index contributed by atoms with van der Waals surface area (Å²) in [7, 11) is 0. The minimum Gasteiger partial charge on any atom is -0.486 e. The van der Waals surface area contributed by atoms with Gasteiger partial charge < -0.3 is 9.30 Å². The molecule has 1 aromatic carbocycles. The number of nitro groups is 1. The fourth-order valence-corrected chi connectivity index (χ4v) is 3.05. The summed E-state index contributed by atoms with van der Waals surface area (Å²) in [6.45, 7) is 2.78. The molecule has 0 aliphatic carbocycles. The van der Waals surface area contributed by atoms with Crippen LogP contribution in [0.3, 0.4) is 0 Å². The molecule has 0 saturated carbocycles. The molecule has 0 amide bonds. The van der Waals surface area contributed by atoms with Crippen LogP contribution in [0, 0.1) is 15.9 Å². The van der Waals surface area contributed by atoms with Crippen molar-refractivity contribution < 1.29 is 14.1 Å². The van der Waals surface area contributed by atoms with Gasteiger partial charge in [-0.25, -0.2) is 4.39 Å². The molecule has 3 rings (SSSR count). The highest BCUT2D eigenvalue weighted by molar-refractivity contribution is 7.98. The Morgan fingerprint density at radius 3 is 2.73 bits per heavy atom. The zero-order valence-corrected chi connectivity index (χ0v) is 14.6. The van der Waals surface area contributed by atoms with E-state index in [1.54, 1.807) is 12.1 Å². The third-order valence-electron chi connectivity index (χ3n) is 3.45. The van der Waals surface area contributed by atoms with Crippen molar-refractivity contribution >= 4 is 17.4 Å². The highest BCUT2D eigenvalue weighted by atomic mass is 32.2. The lowest BCUT2D eigenvalue weighted by Crippen LogP contribution is -2.07. The van der Waals surface area contributed by atoms with E-state index in [9.17, 15) is 14.5 Å². The van der Waals surface area contributed by atoms with Crippen molar-refractivity contribution in [2.75, 3.05) is 0 Å². The Labute approximate surface area is 151 Å². The lowest BCUT2D eigenvalue weighted by molar-refractivity contribution is -0.385. The van der Waals surface area contributed by atoms with Gasteiger partial charge in [-0.1, -0.05) is 11.8 Å². The van der Waals surface area contributed by atoms with Crippen LogP contribution in [-0.2, 0) is 19.0 Å². The monoisotopic (exact) mass is 378 g/mol. The average Bonchev–Trinajstić information content (AvgIpc) is 3.26. The van der Waals surface area contributed by atoms with Gasteiger partial charge in [-0.3, -0.25) is 14.8 Å². The maximum atomic E-state index is 12.9. The molecule has 0 atom stereocenters. The summed E-state index contributed by atoms with van der Waals surface area (Å²) in [5.74, 6) is 1.21. The Balaban J connectivity index is 1.63. The fourth-order valence-electron chi connectivity index (χ4n) is 2.17. The standard InChI is InChI=1S/C15H15FN6O3S/c1-2-21-14(9-25-13-5-3-11(16)4-6-13)18-19-15(21)26-10-20-8-12(7-17-20)22(23)24/h3-8H,2,9-10H2,1H3. The first-order valence-electron chi connectivity index (χ1n) is 7.67. The van der Waals surface area contributed by atoms with E-state index in [0.717, 1.165) is 0 Å². The lowest BCUT2D eigenvalue weighted by Gasteiger charge is -2.08. The van der Waals surface area contributed by atoms with Gasteiger partial charge in [-0.2, -0.15) is 5.10 Å². The van der Waals surface area contributed by atoms with Crippen LogP contribution in [0.15, 0.2) is 41.8 Å². The Bertz CT molecular complexity index is 895. The second-order valence-electron chi connectivity index (χ2n) is 5.15. The number of benzene rings is 1. The number of halogens is 1. The summed E-state index contributed by atoms with van der Waals surface area (Å²) >= 11 is 1.36. The van der Waals surface area contributed by atoms with Crippen molar-refractivity contribution in [2.45, 2.75) is 31.1 Å². The maximum absolute atomic E-state index is 12.9. The molecule has 0 saturated heterocycles. The van der Waals surface area contributed by atoms with Crippen molar-refractivity contribution in [3.05, 3.63) is 58.4 Å². The predicted molar refractivity (Wildman–Crippen MR) is 91.2 cm³/mol. The van der Waals surface area contributed by atoms with Crippen LogP contribution in [0.1, 0.15) is 12.7 Å². The molecular formula is C15H15FN6O3S. The number of ether oxygens (including phenoxy) is 1. The molecule has 2 heterocycles. The summed E-state index contributed by atoms with van der Waals surface area (Å²) < 4.78 is 21.9. The van der Waals surface area contributed by atoms with E-state index in [2.05, 4.69) is 15.3 Å². The number of rotatable bonds is 8. The van der Waals surface area contributed by atoms with E-state index in [0.29, 0.717) is 29.2 Å². The molecule has 11 heteroatoms. The normalized spacial score (nSPS) is 10.8. The summed E-state index contributed by atoms with van der Waals surface area (Å²) in [4.78, 5) is 10.2. The molecule has 0 spiro atoms. The van der Waals surface area contributed by atoms with E-state index in [4.69, 9.17) is 4.74 Å². The second-order valence-corrected chi connectivity index (χ2v) is 6.07. The summed E-state index contributed by atoms with van der Waals surface area (Å²) in [5, 5.41) is 23.5. The Morgan fingerprint density at radius 1 is 1.31 bits per heavy atom. The molecular weight excluding hydrogens is 363 g/mol. The van der Waals surface area contributed by atoms with Gasteiger partial charge in [-0.05, 0) is 31.2 Å². The van der Waals surface area contributed by atoms with Crippen molar-refractivity contribution in [1.82, 2.24) is 24.5 Å². The lowest BCUT2D eigenvalue weighted by atomic mass is 10.3. The summed E-state index contributed by atoms with van der Waals surface area (Å²) in [6, 6.07) is 5.74. The highest BCUT2D eigenvalue weighted by Crippen LogP contribution is 2.21. The minimum atomic E-state index is -0.492. The predicted octanol–water partition coefficient (Wildman–Crippen LogP) is 2.87. The zero-order valence-electron chi connectivity index (χ0n) is 13.8. The first-order valence-corrected chi connectivity index (χ1v) is 8.65. The maximum Gasteiger partial charge on any atom is 0.307 e. The third-order valence-corrected chi connectivity index (χ3v) is 4.40. The molecule has 0 radical (unpaired) electrons. The smallest absolute Gasteiger partial charge is 0.307 e. The van der Waals surface area contributed by atoms with Gasteiger partial charge in [0.25, 0.3) is 0 Å². The van der Waals surface area contributed by atoms with Gasteiger partial charge in [-0.15, -0.1) is 10.2 Å². The number of hydrogen-bond donors (Lipinski definition) is 0. The first kappa shape index (κ1) is 17.9. The van der Waals surface area contributed by atoms with Crippen molar-refractivity contribution in [1.29, 1.82) is 0 Å². The quantitative estimate of drug-likeness (QED) is 0.337. The van der Waals surface area contributed by atoms with Crippen LogP contribution in [0.25, 0.3) is 0 Å². The van der Waals surface area contributed by atoms with Gasteiger partial charge in [0, 0.05) is 6.54 Å².